The van der Waals surface area contributed by atoms with Gasteiger partial charge in [-0.15, -0.1) is 0 Å². The number of aromatic nitrogens is 3. The van der Waals surface area contributed by atoms with Gasteiger partial charge in [-0.25, -0.2) is 4.68 Å². The second kappa shape index (κ2) is 8.02. The molecule has 6 heteroatoms. The lowest BCUT2D eigenvalue weighted by Crippen LogP contribution is -2.36. The fraction of sp³-hybridized carbons (Fsp3) is 0.320. The number of H-pyrrole nitrogens is 1. The van der Waals surface area contributed by atoms with Crippen molar-refractivity contribution in [1.82, 2.24) is 20.1 Å². The number of hydrogen-bond acceptors (Lipinski definition) is 3. The first-order chi connectivity index (χ1) is 15.1. The molecule has 0 unspecified atom stereocenters. The van der Waals surface area contributed by atoms with E-state index in [1.807, 2.05) is 36.4 Å². The number of aryl methyl sites for hydroxylation is 1. The molecular formula is C25H26N4O2. The molecule has 1 aliphatic rings. The van der Waals surface area contributed by atoms with E-state index in [1.54, 1.807) is 16.9 Å². The minimum atomic E-state index is -0.147. The summed E-state index contributed by atoms with van der Waals surface area (Å²) in [6.45, 7) is 2.10. The maximum Gasteiger partial charge on any atom is 0.280 e. The summed E-state index contributed by atoms with van der Waals surface area (Å²) in [7, 11) is 0. The first-order valence-corrected chi connectivity index (χ1v) is 11.1. The lowest BCUT2D eigenvalue weighted by atomic mass is 9.95. The Balaban J connectivity index is 1.55. The highest BCUT2D eigenvalue weighted by molar-refractivity contribution is 6.06. The number of carbonyl (C=O) groups is 1. The van der Waals surface area contributed by atoms with Gasteiger partial charge in [-0.05, 0) is 55.2 Å². The summed E-state index contributed by atoms with van der Waals surface area (Å²) in [5, 5.41) is 7.69. The molecule has 6 nitrogen and oxygen atoms in total. The van der Waals surface area contributed by atoms with Crippen molar-refractivity contribution in [2.45, 2.75) is 51.5 Å². The van der Waals surface area contributed by atoms with Gasteiger partial charge in [-0.3, -0.25) is 19.7 Å². The zero-order valence-electron chi connectivity index (χ0n) is 17.6. The van der Waals surface area contributed by atoms with E-state index in [2.05, 4.69) is 22.3 Å². The fourth-order valence-corrected chi connectivity index (χ4v) is 4.48. The largest absolute Gasteiger partial charge is 0.349 e. The summed E-state index contributed by atoms with van der Waals surface area (Å²) in [6, 6.07) is 13.7. The lowest BCUT2D eigenvalue weighted by molar-refractivity contribution is 0.0928. The van der Waals surface area contributed by atoms with Crippen LogP contribution in [0.2, 0.25) is 0 Å². The highest BCUT2D eigenvalue weighted by atomic mass is 16.1. The van der Waals surface area contributed by atoms with E-state index in [1.165, 1.54) is 24.8 Å². The molecule has 1 aliphatic carbocycles. The third-order valence-corrected chi connectivity index (χ3v) is 6.33. The third-order valence-electron chi connectivity index (χ3n) is 6.33. The Morgan fingerprint density at radius 1 is 1.10 bits per heavy atom. The van der Waals surface area contributed by atoms with Gasteiger partial charge in [-0.1, -0.05) is 38.3 Å². The maximum atomic E-state index is 13.0. The van der Waals surface area contributed by atoms with Gasteiger partial charge in [0.15, 0.2) is 0 Å². The lowest BCUT2D eigenvalue weighted by Gasteiger charge is -2.22. The smallest absolute Gasteiger partial charge is 0.280 e. The van der Waals surface area contributed by atoms with Gasteiger partial charge >= 0.3 is 0 Å². The van der Waals surface area contributed by atoms with Crippen LogP contribution >= 0.6 is 0 Å². The number of rotatable bonds is 4. The molecule has 0 spiro atoms. The fourth-order valence-electron chi connectivity index (χ4n) is 4.48. The molecule has 0 atom stereocenters. The summed E-state index contributed by atoms with van der Waals surface area (Å²) < 4.78 is 1.54. The van der Waals surface area contributed by atoms with Crippen LogP contribution in [0, 0.1) is 0 Å². The van der Waals surface area contributed by atoms with Crippen molar-refractivity contribution in [2.24, 2.45) is 0 Å². The number of nitrogens with one attached hydrogen (secondary N) is 2. The van der Waals surface area contributed by atoms with E-state index in [9.17, 15) is 9.59 Å². The summed E-state index contributed by atoms with van der Waals surface area (Å²) >= 11 is 0. The second-order valence-electron chi connectivity index (χ2n) is 8.36. The van der Waals surface area contributed by atoms with Gasteiger partial charge in [0.25, 0.3) is 11.5 Å². The predicted molar refractivity (Wildman–Crippen MR) is 123 cm³/mol. The Labute approximate surface area is 180 Å². The Hall–Kier alpha value is -3.41. The van der Waals surface area contributed by atoms with Crippen LogP contribution < -0.4 is 10.9 Å². The van der Waals surface area contributed by atoms with Crippen molar-refractivity contribution in [3.8, 4) is 5.69 Å². The summed E-state index contributed by atoms with van der Waals surface area (Å²) in [4.78, 5) is 30.3. The number of nitrogens with zero attached hydrogens (tertiary/aromatic N) is 2. The number of pyridine rings is 1. The zero-order valence-corrected chi connectivity index (χ0v) is 17.6. The first kappa shape index (κ1) is 19.5. The van der Waals surface area contributed by atoms with Crippen LogP contribution in [0.25, 0.3) is 27.5 Å². The molecule has 0 radical (unpaired) electrons. The molecule has 2 heterocycles. The van der Waals surface area contributed by atoms with Gasteiger partial charge < -0.3 is 5.32 Å². The van der Waals surface area contributed by atoms with Crippen LogP contribution in [0.3, 0.4) is 0 Å². The molecular weight excluding hydrogens is 388 g/mol. The van der Waals surface area contributed by atoms with Crippen LogP contribution in [0.5, 0.6) is 0 Å². The first-order valence-electron chi connectivity index (χ1n) is 11.1. The Kier molecular flexibility index (Phi) is 5.06. The van der Waals surface area contributed by atoms with Crippen LogP contribution in [0.1, 0.15) is 54.9 Å². The number of fused-ring (bicyclic) bond motifs is 3. The molecule has 0 aliphatic heterocycles. The van der Waals surface area contributed by atoms with Crippen molar-refractivity contribution in [2.75, 3.05) is 0 Å². The molecule has 0 bridgehead atoms. The minimum absolute atomic E-state index is 0.0669. The Morgan fingerprint density at radius 3 is 2.61 bits per heavy atom. The average Bonchev–Trinajstić information content (AvgIpc) is 3.16. The topological polar surface area (TPSA) is 79.8 Å². The van der Waals surface area contributed by atoms with E-state index >= 15 is 0 Å². The van der Waals surface area contributed by atoms with Gasteiger partial charge in [-0.2, -0.15) is 0 Å². The predicted octanol–water partition coefficient (Wildman–Crippen LogP) is 4.49. The van der Waals surface area contributed by atoms with Gasteiger partial charge in [0.1, 0.15) is 0 Å². The molecule has 1 fully saturated rings. The molecule has 0 saturated heterocycles. The number of amides is 1. The number of hydrogen-bond donors (Lipinski definition) is 2. The molecule has 2 aromatic carbocycles. The quantitative estimate of drug-likeness (QED) is 0.516. The third kappa shape index (κ3) is 3.63. The van der Waals surface area contributed by atoms with Crippen molar-refractivity contribution in [1.29, 1.82) is 0 Å². The maximum absolute atomic E-state index is 13.0. The molecule has 4 aromatic rings. The SMILES string of the molecule is CCc1ccc(-n2[nH]c3c(cnc4ccc(C(=O)NC5CCCCC5)cc43)c2=O)cc1. The molecule has 2 N–H and O–H groups in total. The monoisotopic (exact) mass is 414 g/mol. The summed E-state index contributed by atoms with van der Waals surface area (Å²) in [5.41, 5.74) is 3.88. The van der Waals surface area contributed by atoms with Gasteiger partial charge in [0.05, 0.1) is 22.1 Å². The Bertz CT molecular complexity index is 1310. The second-order valence-corrected chi connectivity index (χ2v) is 8.36. The zero-order chi connectivity index (χ0) is 21.4. The van der Waals surface area contributed by atoms with Crippen molar-refractivity contribution >= 4 is 27.7 Å². The van der Waals surface area contributed by atoms with E-state index in [-0.39, 0.29) is 17.5 Å². The van der Waals surface area contributed by atoms with Crippen molar-refractivity contribution in [3.05, 3.63) is 70.1 Å². The number of carbonyl (C=O) groups excluding carboxylic acids is 1. The Morgan fingerprint density at radius 2 is 1.87 bits per heavy atom. The molecule has 31 heavy (non-hydrogen) atoms. The van der Waals surface area contributed by atoms with E-state index in [0.29, 0.717) is 16.5 Å². The van der Waals surface area contributed by atoms with E-state index in [0.717, 1.165) is 35.9 Å². The van der Waals surface area contributed by atoms with Crippen LogP contribution in [-0.4, -0.2) is 26.7 Å². The average molecular weight is 415 g/mol. The molecule has 5 rings (SSSR count). The van der Waals surface area contributed by atoms with Gasteiger partial charge in [0.2, 0.25) is 0 Å². The van der Waals surface area contributed by atoms with E-state index in [4.69, 9.17) is 0 Å². The van der Waals surface area contributed by atoms with Crippen LogP contribution in [0.15, 0.2) is 53.5 Å². The van der Waals surface area contributed by atoms with Crippen molar-refractivity contribution in [3.63, 3.8) is 0 Å². The van der Waals surface area contributed by atoms with Crippen LogP contribution in [-0.2, 0) is 6.42 Å². The molecule has 1 amide bonds. The summed E-state index contributed by atoms with van der Waals surface area (Å²) in [6.07, 6.45) is 8.22. The van der Waals surface area contributed by atoms with Crippen LogP contribution in [0.4, 0.5) is 0 Å². The van der Waals surface area contributed by atoms with Gasteiger partial charge in [0, 0.05) is 23.2 Å². The number of benzene rings is 2. The molecule has 1 saturated carbocycles. The standard InChI is InChI=1S/C25H26N4O2/c1-2-16-8-11-19(12-9-16)29-25(31)21-15-26-22-13-10-17(14-20(22)23(21)28-29)24(30)27-18-6-4-3-5-7-18/h8-15,18,28H,2-7H2,1H3,(H,27,30). The molecule has 158 valence electrons. The highest BCUT2D eigenvalue weighted by Crippen LogP contribution is 2.23. The van der Waals surface area contributed by atoms with Crippen molar-refractivity contribution < 1.29 is 4.79 Å². The normalized spacial score (nSPS) is 14.9. The summed E-state index contributed by atoms with van der Waals surface area (Å²) in [5.74, 6) is -0.0669. The highest BCUT2D eigenvalue weighted by Gasteiger charge is 2.18. The minimum Gasteiger partial charge on any atom is -0.349 e. The van der Waals surface area contributed by atoms with E-state index < -0.39 is 0 Å². The molecule has 2 aromatic heterocycles. The number of aromatic amines is 1.